The quantitative estimate of drug-likeness (QED) is 0.736. The first-order valence-electron chi connectivity index (χ1n) is 8.87. The number of allylic oxidation sites excluding steroid dienone is 1. The lowest BCUT2D eigenvalue weighted by atomic mass is 9.47. The Morgan fingerprint density at radius 3 is 2.41 bits per heavy atom. The van der Waals surface area contributed by atoms with E-state index in [2.05, 4.69) is 13.8 Å². The van der Waals surface area contributed by atoms with Gasteiger partial charge in [-0.05, 0) is 67.3 Å². The lowest BCUT2D eigenvalue weighted by Crippen LogP contribution is -2.51. The van der Waals surface area contributed by atoms with Gasteiger partial charge >= 0.3 is 0 Å². The molecule has 4 aliphatic rings. The largest absolute Gasteiger partial charge is 0.504 e. The molecule has 22 heavy (non-hydrogen) atoms. The van der Waals surface area contributed by atoms with Gasteiger partial charge in [-0.15, -0.1) is 0 Å². The predicted molar refractivity (Wildman–Crippen MR) is 83.3 cm³/mol. The highest BCUT2D eigenvalue weighted by molar-refractivity contribution is 5.95. The van der Waals surface area contributed by atoms with Gasteiger partial charge in [-0.25, -0.2) is 0 Å². The van der Waals surface area contributed by atoms with Crippen molar-refractivity contribution in [1.29, 1.82) is 0 Å². The van der Waals surface area contributed by atoms with Crippen molar-refractivity contribution in [3.8, 4) is 0 Å². The van der Waals surface area contributed by atoms with Crippen molar-refractivity contribution in [2.75, 3.05) is 0 Å². The molecule has 0 bridgehead atoms. The SMILES string of the molecule is C[C@]12CCC(=O)C(O)=C1CC[C@H]1[C@H]2CC[C@@]2(C)C(=O)CC[C@@H]12. The minimum atomic E-state index is -0.0920. The molecular weight excluding hydrogens is 276 g/mol. The number of carbonyl (C=O) groups excluding carboxylic acids is 2. The first-order valence-corrected chi connectivity index (χ1v) is 8.87. The minimum Gasteiger partial charge on any atom is -0.504 e. The van der Waals surface area contributed by atoms with Crippen LogP contribution >= 0.6 is 0 Å². The van der Waals surface area contributed by atoms with Crippen LogP contribution in [0, 0.1) is 28.6 Å². The van der Waals surface area contributed by atoms with Crippen LogP contribution in [0.15, 0.2) is 11.3 Å². The van der Waals surface area contributed by atoms with Gasteiger partial charge in [-0.3, -0.25) is 9.59 Å². The van der Waals surface area contributed by atoms with Crippen LogP contribution in [-0.2, 0) is 9.59 Å². The number of aliphatic hydroxyl groups excluding tert-OH is 1. The monoisotopic (exact) mass is 302 g/mol. The van der Waals surface area contributed by atoms with Gasteiger partial charge in [0.1, 0.15) is 5.78 Å². The highest BCUT2D eigenvalue weighted by atomic mass is 16.3. The second kappa shape index (κ2) is 4.46. The summed E-state index contributed by atoms with van der Waals surface area (Å²) in [5.74, 6) is 2.14. The van der Waals surface area contributed by atoms with Crippen LogP contribution in [0.4, 0.5) is 0 Å². The molecule has 0 heterocycles. The molecule has 0 aliphatic heterocycles. The van der Waals surface area contributed by atoms with E-state index >= 15 is 0 Å². The summed E-state index contributed by atoms with van der Waals surface area (Å²) in [7, 11) is 0. The van der Waals surface area contributed by atoms with E-state index in [1.54, 1.807) is 0 Å². The van der Waals surface area contributed by atoms with Gasteiger partial charge in [-0.2, -0.15) is 0 Å². The van der Waals surface area contributed by atoms with E-state index in [0.717, 1.165) is 50.5 Å². The van der Waals surface area contributed by atoms with E-state index < -0.39 is 0 Å². The smallest absolute Gasteiger partial charge is 0.197 e. The lowest BCUT2D eigenvalue weighted by Gasteiger charge is -2.56. The molecule has 3 saturated carbocycles. The zero-order chi connectivity index (χ0) is 15.7. The van der Waals surface area contributed by atoms with Gasteiger partial charge in [-0.1, -0.05) is 13.8 Å². The average molecular weight is 302 g/mol. The number of aliphatic hydroxyl groups is 1. The Bertz CT molecular complexity index is 589. The number of fused-ring (bicyclic) bond motifs is 5. The number of rotatable bonds is 0. The molecule has 0 saturated heterocycles. The third-order valence-corrected chi connectivity index (χ3v) is 7.80. The molecule has 4 aliphatic carbocycles. The molecule has 3 heteroatoms. The molecule has 0 spiro atoms. The van der Waals surface area contributed by atoms with Crippen molar-refractivity contribution in [2.45, 2.75) is 65.2 Å². The number of hydrogen-bond acceptors (Lipinski definition) is 3. The molecule has 0 aromatic carbocycles. The van der Waals surface area contributed by atoms with E-state index in [4.69, 9.17) is 0 Å². The number of hydrogen-bond donors (Lipinski definition) is 1. The Kier molecular flexibility index (Phi) is 2.93. The van der Waals surface area contributed by atoms with Crippen LogP contribution in [0.2, 0.25) is 0 Å². The molecule has 1 N–H and O–H groups in total. The maximum Gasteiger partial charge on any atom is 0.197 e. The molecule has 0 aromatic rings. The van der Waals surface area contributed by atoms with Crippen LogP contribution in [0.1, 0.15) is 65.2 Å². The van der Waals surface area contributed by atoms with Crippen LogP contribution in [-0.4, -0.2) is 16.7 Å². The normalized spacial score (nSPS) is 48.0. The molecule has 0 radical (unpaired) electrons. The van der Waals surface area contributed by atoms with Crippen molar-refractivity contribution in [2.24, 2.45) is 28.6 Å². The first kappa shape index (κ1) is 14.5. The zero-order valence-electron chi connectivity index (χ0n) is 13.7. The second-order valence-electron chi connectivity index (χ2n) is 8.50. The minimum absolute atomic E-state index is 0.0200. The average Bonchev–Trinajstić information content (AvgIpc) is 2.79. The van der Waals surface area contributed by atoms with Gasteiger partial charge in [0, 0.05) is 18.3 Å². The molecule has 5 atom stereocenters. The molecule has 3 nitrogen and oxygen atoms in total. The fourth-order valence-corrected chi connectivity index (χ4v) is 6.46. The highest BCUT2D eigenvalue weighted by Gasteiger charge is 2.59. The Hall–Kier alpha value is -1.12. The van der Waals surface area contributed by atoms with E-state index in [1.165, 1.54) is 0 Å². The van der Waals surface area contributed by atoms with Gasteiger partial charge < -0.3 is 5.11 Å². The molecule has 120 valence electrons. The molecule has 0 amide bonds. The Morgan fingerprint density at radius 2 is 1.64 bits per heavy atom. The van der Waals surface area contributed by atoms with Crippen molar-refractivity contribution in [3.05, 3.63) is 11.3 Å². The van der Waals surface area contributed by atoms with Gasteiger partial charge in [0.2, 0.25) is 0 Å². The summed E-state index contributed by atoms with van der Waals surface area (Å²) in [5, 5.41) is 10.3. The lowest BCUT2D eigenvalue weighted by molar-refractivity contribution is -0.133. The summed E-state index contributed by atoms with van der Waals surface area (Å²) in [6, 6.07) is 0. The van der Waals surface area contributed by atoms with Crippen molar-refractivity contribution < 1.29 is 14.7 Å². The number of Topliss-reactive ketones (excluding diaryl/α,β-unsaturated/α-hetero) is 2. The van der Waals surface area contributed by atoms with Crippen LogP contribution in [0.3, 0.4) is 0 Å². The topological polar surface area (TPSA) is 54.4 Å². The Morgan fingerprint density at radius 1 is 0.909 bits per heavy atom. The second-order valence-corrected chi connectivity index (χ2v) is 8.50. The maximum absolute atomic E-state index is 12.4. The van der Waals surface area contributed by atoms with Crippen molar-refractivity contribution in [1.82, 2.24) is 0 Å². The van der Waals surface area contributed by atoms with Gasteiger partial charge in [0.05, 0.1) is 0 Å². The van der Waals surface area contributed by atoms with Crippen molar-refractivity contribution in [3.63, 3.8) is 0 Å². The summed E-state index contributed by atoms with van der Waals surface area (Å²) < 4.78 is 0. The fraction of sp³-hybridized carbons (Fsp3) is 0.789. The first-order chi connectivity index (χ1) is 10.4. The molecule has 3 fully saturated rings. The zero-order valence-corrected chi connectivity index (χ0v) is 13.7. The summed E-state index contributed by atoms with van der Waals surface area (Å²) in [5.41, 5.74) is 0.914. The van der Waals surface area contributed by atoms with Crippen molar-refractivity contribution >= 4 is 11.6 Å². The third kappa shape index (κ3) is 1.63. The standard InChI is InChI=1S/C19H26O3/c1-18-10-8-15(20)17(22)14(18)4-3-11-12-5-6-16(21)19(12,2)9-7-13(11)18/h11-13,22H,3-10H2,1-2H3/t11-,12+,13-,18-,19-/m1/s1. The van der Waals surface area contributed by atoms with E-state index in [1.807, 2.05) is 0 Å². The van der Waals surface area contributed by atoms with E-state index in [9.17, 15) is 14.7 Å². The van der Waals surface area contributed by atoms with Crippen LogP contribution in [0.25, 0.3) is 0 Å². The summed E-state index contributed by atoms with van der Waals surface area (Å²) in [6.45, 7) is 4.46. The van der Waals surface area contributed by atoms with Crippen LogP contribution in [0.5, 0.6) is 0 Å². The molecule has 0 aromatic heterocycles. The molecular formula is C19H26O3. The predicted octanol–water partition coefficient (Wildman–Crippen LogP) is 3.97. The fourth-order valence-electron chi connectivity index (χ4n) is 6.46. The van der Waals surface area contributed by atoms with Gasteiger partial charge in [0.25, 0.3) is 0 Å². The van der Waals surface area contributed by atoms with E-state index in [-0.39, 0.29) is 22.4 Å². The number of ketones is 2. The molecule has 0 unspecified atom stereocenters. The van der Waals surface area contributed by atoms with E-state index in [0.29, 0.717) is 30.0 Å². The Labute approximate surface area is 132 Å². The summed E-state index contributed by atoms with van der Waals surface area (Å²) in [4.78, 5) is 24.2. The summed E-state index contributed by atoms with van der Waals surface area (Å²) in [6.07, 6.45) is 7.13. The number of carbonyl (C=O) groups is 2. The van der Waals surface area contributed by atoms with Crippen LogP contribution < -0.4 is 0 Å². The summed E-state index contributed by atoms with van der Waals surface area (Å²) >= 11 is 0. The molecule has 4 rings (SSSR count). The maximum atomic E-state index is 12.4. The van der Waals surface area contributed by atoms with Gasteiger partial charge in [0.15, 0.2) is 11.5 Å². The third-order valence-electron chi connectivity index (χ3n) is 7.80. The Balaban J connectivity index is 1.73. The highest BCUT2D eigenvalue weighted by Crippen LogP contribution is 2.64.